The zero-order valence-corrected chi connectivity index (χ0v) is 21.2. The van der Waals surface area contributed by atoms with E-state index >= 15 is 0 Å². The molecule has 2 aliphatic rings. The minimum atomic E-state index is -0.00147. The molecule has 1 N–H and O–H groups in total. The van der Waals surface area contributed by atoms with Crippen LogP contribution in [0.3, 0.4) is 0 Å². The predicted octanol–water partition coefficient (Wildman–Crippen LogP) is 4.35. The van der Waals surface area contributed by atoms with Crippen LogP contribution < -0.4 is 15.9 Å². The summed E-state index contributed by atoms with van der Waals surface area (Å²) >= 11 is 0. The Kier molecular flexibility index (Phi) is 6.09. The number of nitrogens with one attached hydrogen (secondary N) is 1. The summed E-state index contributed by atoms with van der Waals surface area (Å²) in [5.74, 6) is 0.824. The molecule has 3 aromatic heterocycles. The van der Waals surface area contributed by atoms with E-state index in [1.165, 1.54) is 30.5 Å². The van der Waals surface area contributed by atoms with Crippen molar-refractivity contribution in [2.75, 3.05) is 24.5 Å². The second-order valence-corrected chi connectivity index (χ2v) is 10.3. The lowest BCUT2D eigenvalue weighted by Crippen LogP contribution is -2.27. The molecule has 6 rings (SSSR count). The molecular weight excluding hydrogens is 448 g/mol. The first-order valence-corrected chi connectivity index (χ1v) is 13.2. The topological polar surface area (TPSA) is 68.0 Å². The van der Waals surface area contributed by atoms with Crippen molar-refractivity contribution in [1.29, 1.82) is 0 Å². The van der Waals surface area contributed by atoms with Crippen LogP contribution in [0, 0.1) is 5.92 Å². The maximum absolute atomic E-state index is 12.4. The number of pyridine rings is 2. The van der Waals surface area contributed by atoms with Gasteiger partial charge in [-0.3, -0.25) is 19.1 Å². The van der Waals surface area contributed by atoms with Gasteiger partial charge in [0.1, 0.15) is 0 Å². The van der Waals surface area contributed by atoms with Crippen LogP contribution in [0.4, 0.5) is 11.4 Å². The van der Waals surface area contributed by atoms with Gasteiger partial charge in [0.2, 0.25) is 0 Å². The molecular formula is C29H34N6O. The highest BCUT2D eigenvalue weighted by molar-refractivity contribution is 5.83. The molecule has 0 amide bonds. The first kappa shape index (κ1) is 23.0. The molecule has 4 aromatic rings. The van der Waals surface area contributed by atoms with Crippen molar-refractivity contribution in [2.24, 2.45) is 20.0 Å². The number of benzene rings is 1. The molecule has 186 valence electrons. The summed E-state index contributed by atoms with van der Waals surface area (Å²) in [5.41, 5.74) is 8.67. The summed E-state index contributed by atoms with van der Waals surface area (Å²) in [5, 5.41) is 3.45. The summed E-state index contributed by atoms with van der Waals surface area (Å²) in [6, 6.07) is 12.8. The molecule has 2 aliphatic heterocycles. The predicted molar refractivity (Wildman–Crippen MR) is 145 cm³/mol. The number of hydrogen-bond acceptors (Lipinski definition) is 5. The Morgan fingerprint density at radius 2 is 1.81 bits per heavy atom. The molecule has 0 aliphatic carbocycles. The Labute approximate surface area is 211 Å². The zero-order chi connectivity index (χ0) is 24.6. The van der Waals surface area contributed by atoms with Gasteiger partial charge in [0, 0.05) is 43.8 Å². The van der Waals surface area contributed by atoms with Gasteiger partial charge < -0.3 is 10.2 Å². The zero-order valence-electron chi connectivity index (χ0n) is 21.2. The van der Waals surface area contributed by atoms with Crippen molar-refractivity contribution in [3.8, 4) is 11.3 Å². The third-order valence-electron chi connectivity index (χ3n) is 8.04. The summed E-state index contributed by atoms with van der Waals surface area (Å²) < 4.78 is 3.41. The lowest BCUT2D eigenvalue weighted by molar-refractivity contribution is 0.353. The van der Waals surface area contributed by atoms with Crippen molar-refractivity contribution >= 4 is 22.4 Å². The Morgan fingerprint density at radius 1 is 0.972 bits per heavy atom. The molecule has 5 heterocycles. The largest absolute Gasteiger partial charge is 0.340 e. The Balaban J connectivity index is 1.22. The molecule has 1 aromatic carbocycles. The summed E-state index contributed by atoms with van der Waals surface area (Å²) in [6.45, 7) is 3.24. The molecule has 0 spiro atoms. The van der Waals surface area contributed by atoms with E-state index in [1.54, 1.807) is 9.13 Å². The molecule has 0 atom stereocenters. The van der Waals surface area contributed by atoms with Gasteiger partial charge in [0.15, 0.2) is 0 Å². The lowest BCUT2D eigenvalue weighted by Gasteiger charge is -2.31. The molecule has 0 unspecified atom stereocenters. The van der Waals surface area contributed by atoms with Crippen LogP contribution in [0.5, 0.6) is 0 Å². The van der Waals surface area contributed by atoms with Crippen molar-refractivity contribution in [1.82, 2.24) is 24.4 Å². The third kappa shape index (κ3) is 4.22. The van der Waals surface area contributed by atoms with Gasteiger partial charge in [0.25, 0.3) is 0 Å². The van der Waals surface area contributed by atoms with Gasteiger partial charge in [-0.05, 0) is 99.5 Å². The molecule has 36 heavy (non-hydrogen) atoms. The maximum Gasteiger partial charge on any atom is 0.328 e. The van der Waals surface area contributed by atoms with Crippen molar-refractivity contribution in [3.63, 3.8) is 0 Å². The lowest BCUT2D eigenvalue weighted by atomic mass is 9.92. The highest BCUT2D eigenvalue weighted by Crippen LogP contribution is 2.36. The normalized spacial score (nSPS) is 16.4. The van der Waals surface area contributed by atoms with E-state index in [-0.39, 0.29) is 5.69 Å². The SMILES string of the molecule is Cn1c(=O)n(C)c2cc(N3CCCc4cc(-c5ccc(CCC6CCNCC6)nc5)ncc43)ccc21. The minimum Gasteiger partial charge on any atom is -0.340 e. The van der Waals surface area contributed by atoms with Crippen molar-refractivity contribution < 1.29 is 0 Å². The molecule has 0 bridgehead atoms. The van der Waals surface area contributed by atoms with E-state index in [1.807, 2.05) is 32.6 Å². The second kappa shape index (κ2) is 9.54. The summed E-state index contributed by atoms with van der Waals surface area (Å²) in [4.78, 5) is 24.3. The van der Waals surface area contributed by atoms with Gasteiger partial charge in [-0.15, -0.1) is 0 Å². The number of fused-ring (bicyclic) bond motifs is 2. The first-order chi connectivity index (χ1) is 17.6. The monoisotopic (exact) mass is 482 g/mol. The average molecular weight is 483 g/mol. The summed E-state index contributed by atoms with van der Waals surface area (Å²) in [6.07, 6.45) is 10.9. The van der Waals surface area contributed by atoms with Gasteiger partial charge in [-0.2, -0.15) is 0 Å². The minimum absolute atomic E-state index is 0.00147. The van der Waals surface area contributed by atoms with Crippen LogP contribution in [0.2, 0.25) is 0 Å². The van der Waals surface area contributed by atoms with Gasteiger partial charge >= 0.3 is 5.69 Å². The average Bonchev–Trinajstić information content (AvgIpc) is 3.15. The Bertz CT molecular complexity index is 1450. The number of anilines is 2. The van der Waals surface area contributed by atoms with E-state index in [0.29, 0.717) is 0 Å². The molecule has 0 saturated carbocycles. The maximum atomic E-state index is 12.4. The number of hydrogen-bond donors (Lipinski definition) is 1. The fraction of sp³-hybridized carbons (Fsp3) is 0.414. The number of piperidine rings is 1. The molecule has 1 fully saturated rings. The Morgan fingerprint density at radius 3 is 2.61 bits per heavy atom. The molecule has 7 nitrogen and oxygen atoms in total. The van der Waals surface area contributed by atoms with E-state index in [0.717, 1.165) is 78.5 Å². The molecule has 1 saturated heterocycles. The fourth-order valence-electron chi connectivity index (χ4n) is 5.82. The number of rotatable bonds is 5. The van der Waals surface area contributed by atoms with E-state index in [2.05, 4.69) is 40.5 Å². The summed E-state index contributed by atoms with van der Waals surface area (Å²) in [7, 11) is 3.65. The van der Waals surface area contributed by atoms with E-state index in [9.17, 15) is 4.79 Å². The van der Waals surface area contributed by atoms with Crippen LogP contribution in [0.25, 0.3) is 22.3 Å². The highest BCUT2D eigenvalue weighted by Gasteiger charge is 2.21. The molecule has 7 heteroatoms. The van der Waals surface area contributed by atoms with Crippen molar-refractivity contribution in [3.05, 3.63) is 70.5 Å². The van der Waals surface area contributed by atoms with Crippen LogP contribution in [0.15, 0.2) is 53.6 Å². The number of aromatic nitrogens is 4. The molecule has 0 radical (unpaired) electrons. The third-order valence-corrected chi connectivity index (χ3v) is 8.04. The highest BCUT2D eigenvalue weighted by atomic mass is 16.1. The van der Waals surface area contributed by atoms with Gasteiger partial charge in [0.05, 0.1) is 28.6 Å². The standard InChI is InChI=1S/C29H34N6O/c1-33-26-10-9-24(17-27(26)34(2)29(33)36)35-15-3-4-21-16-25(32-19-28(21)35)22-6-8-23(31-18-22)7-5-20-11-13-30-14-12-20/h6,8-10,16-20,30H,3-5,7,11-15H2,1-2H3. The number of imidazole rings is 1. The Hall–Kier alpha value is -3.45. The van der Waals surface area contributed by atoms with Crippen LogP contribution >= 0.6 is 0 Å². The van der Waals surface area contributed by atoms with Crippen molar-refractivity contribution in [2.45, 2.75) is 38.5 Å². The van der Waals surface area contributed by atoms with E-state index < -0.39 is 0 Å². The van der Waals surface area contributed by atoms with Gasteiger partial charge in [-0.1, -0.05) is 0 Å². The van der Waals surface area contributed by atoms with E-state index in [4.69, 9.17) is 9.97 Å². The number of nitrogens with zero attached hydrogens (tertiary/aromatic N) is 5. The smallest absolute Gasteiger partial charge is 0.328 e. The second-order valence-electron chi connectivity index (χ2n) is 10.3. The van der Waals surface area contributed by atoms with Gasteiger partial charge in [-0.25, -0.2) is 4.79 Å². The first-order valence-electron chi connectivity index (χ1n) is 13.2. The van der Waals surface area contributed by atoms with Crippen LogP contribution in [0.1, 0.15) is 36.9 Å². The number of aryl methyl sites for hydroxylation is 4. The van der Waals surface area contributed by atoms with Crippen LogP contribution in [-0.4, -0.2) is 38.7 Å². The fourth-order valence-corrected chi connectivity index (χ4v) is 5.82. The quantitative estimate of drug-likeness (QED) is 0.458. The van der Waals surface area contributed by atoms with Crippen LogP contribution in [-0.2, 0) is 26.9 Å².